The summed E-state index contributed by atoms with van der Waals surface area (Å²) in [5, 5.41) is 5.90. The Bertz CT molecular complexity index is 1110. The molecule has 0 aromatic heterocycles. The molecule has 0 bridgehead atoms. The Hall–Kier alpha value is -3.48. The Balaban J connectivity index is 1.33. The Kier molecular flexibility index (Phi) is 7.50. The van der Waals surface area contributed by atoms with Crippen molar-refractivity contribution in [1.29, 1.82) is 0 Å². The SMILES string of the molecule is Cc1ccc(C(=O)Nc2cccc(CNC(=O)c3cccc(CN4CCOCC4)c3)c2)cc1. The summed E-state index contributed by atoms with van der Waals surface area (Å²) in [6.45, 7) is 6.50. The van der Waals surface area contributed by atoms with Crippen molar-refractivity contribution >= 4 is 17.5 Å². The van der Waals surface area contributed by atoms with Crippen LogP contribution in [0.3, 0.4) is 0 Å². The summed E-state index contributed by atoms with van der Waals surface area (Å²) in [6, 6.07) is 22.7. The van der Waals surface area contributed by atoms with Crippen molar-refractivity contribution in [1.82, 2.24) is 10.2 Å². The number of amides is 2. The molecule has 0 atom stereocenters. The monoisotopic (exact) mass is 443 g/mol. The maximum absolute atomic E-state index is 12.7. The Labute approximate surface area is 194 Å². The molecule has 3 aromatic rings. The number of carbonyl (C=O) groups is 2. The van der Waals surface area contributed by atoms with E-state index in [-0.39, 0.29) is 11.8 Å². The van der Waals surface area contributed by atoms with E-state index in [0.29, 0.717) is 23.4 Å². The number of anilines is 1. The number of carbonyl (C=O) groups excluding carboxylic acids is 2. The van der Waals surface area contributed by atoms with E-state index in [4.69, 9.17) is 4.74 Å². The number of benzene rings is 3. The van der Waals surface area contributed by atoms with Crippen LogP contribution in [0.2, 0.25) is 0 Å². The minimum Gasteiger partial charge on any atom is -0.379 e. The number of aryl methyl sites for hydroxylation is 1. The molecule has 1 saturated heterocycles. The van der Waals surface area contributed by atoms with Crippen LogP contribution in [0.1, 0.15) is 37.4 Å². The van der Waals surface area contributed by atoms with E-state index < -0.39 is 0 Å². The first-order valence-electron chi connectivity index (χ1n) is 11.2. The number of nitrogens with one attached hydrogen (secondary N) is 2. The zero-order valence-electron chi connectivity index (χ0n) is 18.8. The van der Waals surface area contributed by atoms with Gasteiger partial charge < -0.3 is 15.4 Å². The van der Waals surface area contributed by atoms with Gasteiger partial charge in [-0.25, -0.2) is 0 Å². The number of ether oxygens (including phenoxy) is 1. The summed E-state index contributed by atoms with van der Waals surface area (Å²) < 4.78 is 5.40. The van der Waals surface area contributed by atoms with Crippen LogP contribution >= 0.6 is 0 Å². The summed E-state index contributed by atoms with van der Waals surface area (Å²) in [7, 11) is 0. The van der Waals surface area contributed by atoms with Gasteiger partial charge in [0.15, 0.2) is 0 Å². The molecule has 0 aliphatic carbocycles. The molecular formula is C27H29N3O3. The first kappa shape index (κ1) is 22.7. The molecule has 3 aromatic carbocycles. The van der Waals surface area contributed by atoms with Crippen LogP contribution in [0.15, 0.2) is 72.8 Å². The van der Waals surface area contributed by atoms with E-state index >= 15 is 0 Å². The fraction of sp³-hybridized carbons (Fsp3) is 0.259. The zero-order valence-corrected chi connectivity index (χ0v) is 18.8. The molecule has 1 aliphatic heterocycles. The van der Waals surface area contributed by atoms with Gasteiger partial charge in [-0.05, 0) is 54.4 Å². The predicted octanol–water partition coefficient (Wildman–Crippen LogP) is 4.01. The quantitative estimate of drug-likeness (QED) is 0.579. The fourth-order valence-corrected chi connectivity index (χ4v) is 3.78. The Morgan fingerprint density at radius 3 is 2.36 bits per heavy atom. The lowest BCUT2D eigenvalue weighted by Gasteiger charge is -2.26. The molecule has 6 heteroatoms. The lowest BCUT2D eigenvalue weighted by molar-refractivity contribution is 0.0342. The largest absolute Gasteiger partial charge is 0.379 e. The van der Waals surface area contributed by atoms with Gasteiger partial charge in [0.1, 0.15) is 0 Å². The number of hydrogen-bond donors (Lipinski definition) is 2. The second-order valence-electron chi connectivity index (χ2n) is 8.29. The predicted molar refractivity (Wildman–Crippen MR) is 129 cm³/mol. The maximum Gasteiger partial charge on any atom is 0.255 e. The molecule has 0 unspecified atom stereocenters. The molecule has 6 nitrogen and oxygen atoms in total. The van der Waals surface area contributed by atoms with Gasteiger partial charge in [-0.1, -0.05) is 42.0 Å². The highest BCUT2D eigenvalue weighted by Gasteiger charge is 2.12. The summed E-state index contributed by atoms with van der Waals surface area (Å²) in [5.41, 5.74) is 5.08. The lowest BCUT2D eigenvalue weighted by atomic mass is 10.1. The zero-order chi connectivity index (χ0) is 23.0. The van der Waals surface area contributed by atoms with Crippen molar-refractivity contribution < 1.29 is 14.3 Å². The first-order valence-corrected chi connectivity index (χ1v) is 11.2. The number of nitrogens with zero attached hydrogens (tertiary/aromatic N) is 1. The molecule has 0 saturated carbocycles. The molecule has 1 fully saturated rings. The highest BCUT2D eigenvalue weighted by atomic mass is 16.5. The van der Waals surface area contributed by atoms with Crippen LogP contribution in [0.5, 0.6) is 0 Å². The van der Waals surface area contributed by atoms with Gasteiger partial charge in [0.2, 0.25) is 0 Å². The van der Waals surface area contributed by atoms with Gasteiger partial charge in [0.05, 0.1) is 13.2 Å². The van der Waals surface area contributed by atoms with Crippen molar-refractivity contribution in [3.8, 4) is 0 Å². The highest BCUT2D eigenvalue weighted by molar-refractivity contribution is 6.04. The van der Waals surface area contributed by atoms with Crippen LogP contribution in [-0.2, 0) is 17.8 Å². The molecule has 2 N–H and O–H groups in total. The molecular weight excluding hydrogens is 414 g/mol. The molecule has 4 rings (SSSR count). The minimum atomic E-state index is -0.159. The Morgan fingerprint density at radius 2 is 1.58 bits per heavy atom. The first-order chi connectivity index (χ1) is 16.1. The Morgan fingerprint density at radius 1 is 0.848 bits per heavy atom. The van der Waals surface area contributed by atoms with E-state index in [1.54, 1.807) is 0 Å². The van der Waals surface area contributed by atoms with E-state index in [0.717, 1.165) is 49.5 Å². The minimum absolute atomic E-state index is 0.118. The van der Waals surface area contributed by atoms with Gasteiger partial charge >= 0.3 is 0 Å². The van der Waals surface area contributed by atoms with E-state index in [9.17, 15) is 9.59 Å². The third kappa shape index (κ3) is 6.51. The third-order valence-electron chi connectivity index (χ3n) is 5.65. The van der Waals surface area contributed by atoms with Gasteiger partial charge in [-0.2, -0.15) is 0 Å². The van der Waals surface area contributed by atoms with Crippen LogP contribution in [0, 0.1) is 6.92 Å². The molecule has 170 valence electrons. The topological polar surface area (TPSA) is 70.7 Å². The summed E-state index contributed by atoms with van der Waals surface area (Å²) in [5.74, 6) is -0.277. The highest BCUT2D eigenvalue weighted by Crippen LogP contribution is 2.14. The van der Waals surface area contributed by atoms with Gasteiger partial charge in [0.25, 0.3) is 11.8 Å². The maximum atomic E-state index is 12.7. The number of hydrogen-bond acceptors (Lipinski definition) is 4. The van der Waals surface area contributed by atoms with Crippen molar-refractivity contribution in [2.75, 3.05) is 31.6 Å². The van der Waals surface area contributed by atoms with Crippen LogP contribution in [0.25, 0.3) is 0 Å². The molecule has 2 amide bonds. The van der Waals surface area contributed by atoms with E-state index in [1.807, 2.05) is 79.7 Å². The van der Waals surface area contributed by atoms with Gasteiger partial charge in [-0.15, -0.1) is 0 Å². The second kappa shape index (κ2) is 10.9. The molecule has 1 aliphatic rings. The van der Waals surface area contributed by atoms with Gasteiger partial charge in [-0.3, -0.25) is 14.5 Å². The van der Waals surface area contributed by atoms with E-state index in [1.165, 1.54) is 0 Å². The second-order valence-corrected chi connectivity index (χ2v) is 8.29. The van der Waals surface area contributed by atoms with Gasteiger partial charge in [0, 0.05) is 43.0 Å². The average molecular weight is 444 g/mol. The lowest BCUT2D eigenvalue weighted by Crippen LogP contribution is -2.35. The molecule has 0 radical (unpaired) electrons. The molecule has 0 spiro atoms. The van der Waals surface area contributed by atoms with Crippen LogP contribution in [-0.4, -0.2) is 43.0 Å². The normalized spacial score (nSPS) is 14.0. The standard InChI is InChI=1S/C27H29N3O3/c1-20-8-10-23(11-9-20)27(32)29-25-7-3-4-21(17-25)18-28-26(31)24-6-2-5-22(16-24)19-30-12-14-33-15-13-30/h2-11,16-17H,12-15,18-19H2,1H3,(H,28,31)(H,29,32). The summed E-state index contributed by atoms with van der Waals surface area (Å²) >= 11 is 0. The fourth-order valence-electron chi connectivity index (χ4n) is 3.78. The van der Waals surface area contributed by atoms with Crippen molar-refractivity contribution in [2.45, 2.75) is 20.0 Å². The van der Waals surface area contributed by atoms with Crippen molar-refractivity contribution in [3.05, 3.63) is 101 Å². The average Bonchev–Trinajstić information content (AvgIpc) is 2.84. The van der Waals surface area contributed by atoms with Crippen molar-refractivity contribution in [2.24, 2.45) is 0 Å². The van der Waals surface area contributed by atoms with Crippen LogP contribution < -0.4 is 10.6 Å². The van der Waals surface area contributed by atoms with E-state index in [2.05, 4.69) is 15.5 Å². The van der Waals surface area contributed by atoms with Crippen molar-refractivity contribution in [3.63, 3.8) is 0 Å². The molecule has 33 heavy (non-hydrogen) atoms. The number of rotatable bonds is 7. The third-order valence-corrected chi connectivity index (χ3v) is 5.65. The number of morpholine rings is 1. The molecule has 1 heterocycles. The summed E-state index contributed by atoms with van der Waals surface area (Å²) in [6.07, 6.45) is 0. The smallest absolute Gasteiger partial charge is 0.255 e. The summed E-state index contributed by atoms with van der Waals surface area (Å²) in [4.78, 5) is 27.5. The van der Waals surface area contributed by atoms with Crippen LogP contribution in [0.4, 0.5) is 5.69 Å².